The summed E-state index contributed by atoms with van der Waals surface area (Å²) in [6.45, 7) is 0.979. The predicted molar refractivity (Wildman–Crippen MR) is 79.4 cm³/mol. The van der Waals surface area contributed by atoms with E-state index in [2.05, 4.69) is 4.98 Å². The lowest BCUT2D eigenvalue weighted by molar-refractivity contribution is -0.143. The Bertz CT molecular complexity index is 730. The largest absolute Gasteiger partial charge is 0.481 e. The zero-order valence-corrected chi connectivity index (χ0v) is 12.5. The van der Waals surface area contributed by atoms with E-state index in [0.717, 1.165) is 4.96 Å². The van der Waals surface area contributed by atoms with Crippen LogP contribution in [0, 0.1) is 5.92 Å². The van der Waals surface area contributed by atoms with Crippen LogP contribution in [-0.2, 0) is 9.59 Å². The van der Waals surface area contributed by atoms with Gasteiger partial charge < -0.3 is 10.0 Å². The molecule has 2 aromatic heterocycles. The highest BCUT2D eigenvalue weighted by Crippen LogP contribution is 2.23. The van der Waals surface area contributed by atoms with E-state index in [-0.39, 0.29) is 18.2 Å². The van der Waals surface area contributed by atoms with Crippen LogP contribution in [0.1, 0.15) is 12.1 Å². The molecule has 3 heterocycles. The second kappa shape index (κ2) is 5.50. The number of imidazole rings is 1. The van der Waals surface area contributed by atoms with Crippen molar-refractivity contribution < 1.29 is 14.7 Å². The van der Waals surface area contributed by atoms with Gasteiger partial charge in [0.1, 0.15) is 0 Å². The van der Waals surface area contributed by atoms with Gasteiger partial charge in [-0.25, -0.2) is 4.98 Å². The summed E-state index contributed by atoms with van der Waals surface area (Å²) in [7, 11) is 0. The molecule has 3 rings (SSSR count). The fraction of sp³-hybridized carbons (Fsp3) is 0.308. The van der Waals surface area contributed by atoms with Crippen LogP contribution in [0.4, 0.5) is 0 Å². The number of carboxylic acid groups (broad SMARTS) is 1. The van der Waals surface area contributed by atoms with Crippen LogP contribution in [0.15, 0.2) is 17.7 Å². The van der Waals surface area contributed by atoms with Gasteiger partial charge in [-0.15, -0.1) is 11.3 Å². The van der Waals surface area contributed by atoms with Gasteiger partial charge in [-0.05, 0) is 6.08 Å². The molecule has 1 N–H and O–H groups in total. The number of hydrogen-bond donors (Lipinski definition) is 1. The molecule has 1 amide bonds. The van der Waals surface area contributed by atoms with E-state index >= 15 is 0 Å². The van der Waals surface area contributed by atoms with E-state index in [1.54, 1.807) is 11.0 Å². The summed E-state index contributed by atoms with van der Waals surface area (Å²) in [4.78, 5) is 29.1. The predicted octanol–water partition coefficient (Wildman–Crippen LogP) is 2.00. The van der Waals surface area contributed by atoms with Crippen LogP contribution >= 0.6 is 22.9 Å². The Morgan fingerprint density at radius 3 is 3.00 bits per heavy atom. The average molecular weight is 326 g/mol. The van der Waals surface area contributed by atoms with Crippen molar-refractivity contribution in [1.82, 2.24) is 14.3 Å². The summed E-state index contributed by atoms with van der Waals surface area (Å²) < 4.78 is 1.82. The highest BCUT2D eigenvalue weighted by Gasteiger charge is 2.30. The third-order valence-corrected chi connectivity index (χ3v) is 4.40. The number of thiazole rings is 1. The smallest absolute Gasteiger partial charge is 0.303 e. The molecule has 0 spiro atoms. The molecule has 0 atom stereocenters. The van der Waals surface area contributed by atoms with E-state index in [9.17, 15) is 9.59 Å². The third kappa shape index (κ3) is 2.79. The van der Waals surface area contributed by atoms with Crippen molar-refractivity contribution in [2.24, 2.45) is 5.92 Å². The fourth-order valence-electron chi connectivity index (χ4n) is 2.31. The Morgan fingerprint density at radius 1 is 1.52 bits per heavy atom. The van der Waals surface area contributed by atoms with E-state index in [4.69, 9.17) is 16.7 Å². The highest BCUT2D eigenvalue weighted by atomic mass is 35.5. The molecular formula is C13H12ClN3O3S. The molecule has 0 saturated carbocycles. The van der Waals surface area contributed by atoms with Crippen LogP contribution in [0.2, 0.25) is 5.15 Å². The summed E-state index contributed by atoms with van der Waals surface area (Å²) in [5.74, 6) is -0.909. The van der Waals surface area contributed by atoms with Gasteiger partial charge in [0.15, 0.2) is 10.1 Å². The van der Waals surface area contributed by atoms with Crippen LogP contribution in [-0.4, -0.2) is 44.4 Å². The summed E-state index contributed by atoms with van der Waals surface area (Å²) in [5.41, 5.74) is 0.670. The quantitative estimate of drug-likeness (QED) is 0.872. The number of fused-ring (bicyclic) bond motifs is 1. The number of nitrogens with zero attached hydrogens (tertiary/aromatic N) is 3. The molecule has 1 aliphatic rings. The lowest BCUT2D eigenvalue weighted by Gasteiger charge is -2.37. The number of carbonyl (C=O) groups excluding carboxylic acids is 1. The molecule has 0 aromatic carbocycles. The normalized spacial score (nSPS) is 15.8. The summed E-state index contributed by atoms with van der Waals surface area (Å²) in [6, 6.07) is 0. The lowest BCUT2D eigenvalue weighted by Crippen LogP contribution is -2.49. The second-order valence-electron chi connectivity index (χ2n) is 4.88. The molecule has 0 radical (unpaired) electrons. The number of aliphatic carboxylic acids is 1. The maximum absolute atomic E-state index is 12.0. The van der Waals surface area contributed by atoms with Crippen molar-refractivity contribution in [3.8, 4) is 0 Å². The van der Waals surface area contributed by atoms with Crippen LogP contribution in [0.25, 0.3) is 11.0 Å². The Balaban J connectivity index is 1.64. The summed E-state index contributed by atoms with van der Waals surface area (Å²) in [5, 5.41) is 10.9. The molecule has 8 heteroatoms. The first kappa shape index (κ1) is 14.1. The summed E-state index contributed by atoms with van der Waals surface area (Å²) in [6.07, 6.45) is 5.04. The standard InChI is InChI=1S/C13H12ClN3O3S/c14-12-9(17-3-4-21-13(17)15-12)1-2-10(18)16-6-8(7-16)5-11(19)20/h1-4,8H,5-7H2,(H,19,20). The minimum absolute atomic E-state index is 0.0574. The topological polar surface area (TPSA) is 74.9 Å². The van der Waals surface area contributed by atoms with Crippen LogP contribution in [0.5, 0.6) is 0 Å². The molecule has 110 valence electrons. The zero-order valence-electron chi connectivity index (χ0n) is 10.9. The number of amides is 1. The Labute approximate surface area is 129 Å². The van der Waals surface area contributed by atoms with Gasteiger partial charge >= 0.3 is 5.97 Å². The van der Waals surface area contributed by atoms with Crippen molar-refractivity contribution in [3.63, 3.8) is 0 Å². The number of carbonyl (C=O) groups is 2. The van der Waals surface area contributed by atoms with Crippen molar-refractivity contribution in [2.45, 2.75) is 6.42 Å². The molecule has 6 nitrogen and oxygen atoms in total. The lowest BCUT2D eigenvalue weighted by atomic mass is 9.96. The zero-order chi connectivity index (χ0) is 15.0. The number of rotatable bonds is 4. The van der Waals surface area contributed by atoms with Gasteiger partial charge in [0, 0.05) is 36.7 Å². The van der Waals surface area contributed by atoms with Crippen LogP contribution < -0.4 is 0 Å². The highest BCUT2D eigenvalue weighted by molar-refractivity contribution is 7.15. The van der Waals surface area contributed by atoms with E-state index in [0.29, 0.717) is 23.9 Å². The summed E-state index contributed by atoms with van der Waals surface area (Å²) >= 11 is 7.50. The van der Waals surface area contributed by atoms with E-state index in [1.165, 1.54) is 17.4 Å². The number of hydrogen-bond acceptors (Lipinski definition) is 4. The van der Waals surface area contributed by atoms with E-state index < -0.39 is 5.97 Å². The molecule has 21 heavy (non-hydrogen) atoms. The third-order valence-electron chi connectivity index (χ3n) is 3.37. The van der Waals surface area contributed by atoms with Gasteiger partial charge in [0.2, 0.25) is 5.91 Å². The maximum atomic E-state index is 12.0. The van der Waals surface area contributed by atoms with Gasteiger partial charge in [-0.1, -0.05) is 11.6 Å². The number of likely N-dealkylation sites (tertiary alicyclic amines) is 1. The average Bonchev–Trinajstić information content (AvgIpc) is 2.91. The maximum Gasteiger partial charge on any atom is 0.303 e. The molecule has 1 aliphatic heterocycles. The Morgan fingerprint density at radius 2 is 2.29 bits per heavy atom. The molecule has 0 aliphatic carbocycles. The van der Waals surface area contributed by atoms with E-state index in [1.807, 2.05) is 16.0 Å². The van der Waals surface area contributed by atoms with Gasteiger partial charge in [-0.3, -0.25) is 14.0 Å². The van der Waals surface area contributed by atoms with Gasteiger partial charge in [0.05, 0.1) is 12.1 Å². The van der Waals surface area contributed by atoms with Crippen LogP contribution in [0.3, 0.4) is 0 Å². The number of halogens is 1. The molecule has 1 saturated heterocycles. The van der Waals surface area contributed by atoms with Crippen molar-refractivity contribution in [3.05, 3.63) is 28.5 Å². The number of aromatic nitrogens is 2. The van der Waals surface area contributed by atoms with Crippen molar-refractivity contribution in [2.75, 3.05) is 13.1 Å². The Hall–Kier alpha value is -1.86. The van der Waals surface area contributed by atoms with Gasteiger partial charge in [0.25, 0.3) is 0 Å². The SMILES string of the molecule is O=C(O)CC1CN(C(=O)C=Cc2c(Cl)nc3sccn23)C1. The molecular weight excluding hydrogens is 314 g/mol. The first-order chi connectivity index (χ1) is 10.0. The molecule has 1 fully saturated rings. The van der Waals surface area contributed by atoms with Crippen molar-refractivity contribution in [1.29, 1.82) is 0 Å². The number of carboxylic acids is 1. The molecule has 0 bridgehead atoms. The van der Waals surface area contributed by atoms with Crippen molar-refractivity contribution >= 4 is 45.9 Å². The first-order valence-electron chi connectivity index (χ1n) is 6.34. The molecule has 0 unspecified atom stereocenters. The Kier molecular flexibility index (Phi) is 3.69. The fourth-order valence-corrected chi connectivity index (χ4v) is 3.31. The molecule has 2 aromatic rings. The minimum Gasteiger partial charge on any atom is -0.481 e. The first-order valence-corrected chi connectivity index (χ1v) is 7.60. The van der Waals surface area contributed by atoms with Gasteiger partial charge in [-0.2, -0.15) is 0 Å². The minimum atomic E-state index is -0.825. The second-order valence-corrected chi connectivity index (χ2v) is 6.11. The monoisotopic (exact) mass is 325 g/mol.